The van der Waals surface area contributed by atoms with Crippen molar-refractivity contribution >= 4 is 39.1 Å². The number of aryl methyl sites for hydroxylation is 1. The zero-order valence-electron chi connectivity index (χ0n) is 15.8. The Hall–Kier alpha value is -2.77. The molecule has 5 nitrogen and oxygen atoms in total. The van der Waals surface area contributed by atoms with Gasteiger partial charge < -0.3 is 0 Å². The summed E-state index contributed by atoms with van der Waals surface area (Å²) in [5.74, 6) is 0.428. The number of carbonyl (C=O) groups excluding carboxylic acids is 1. The van der Waals surface area contributed by atoms with E-state index >= 15 is 0 Å². The second-order valence-corrected chi connectivity index (χ2v) is 9.56. The van der Waals surface area contributed by atoms with Gasteiger partial charge in [0.2, 0.25) is 5.91 Å². The maximum atomic E-state index is 12.6. The quantitative estimate of drug-likeness (QED) is 0.651. The van der Waals surface area contributed by atoms with Gasteiger partial charge in [-0.1, -0.05) is 48.0 Å². The van der Waals surface area contributed by atoms with E-state index < -0.39 is 10.0 Å². The van der Waals surface area contributed by atoms with Crippen LogP contribution in [0, 0.1) is 6.92 Å². The third-order valence-electron chi connectivity index (χ3n) is 4.66. The molecule has 29 heavy (non-hydrogen) atoms. The van der Waals surface area contributed by atoms with E-state index in [1.165, 1.54) is 11.8 Å². The number of hydrogen-bond donors (Lipinski definition) is 1. The van der Waals surface area contributed by atoms with Crippen LogP contribution in [0.1, 0.15) is 16.5 Å². The summed E-state index contributed by atoms with van der Waals surface area (Å²) in [5.41, 5.74) is 3.30. The highest BCUT2D eigenvalue weighted by Crippen LogP contribution is 2.42. The van der Waals surface area contributed by atoms with E-state index in [2.05, 4.69) is 4.72 Å². The molecule has 1 saturated heterocycles. The number of benzene rings is 3. The van der Waals surface area contributed by atoms with Crippen molar-refractivity contribution in [2.24, 2.45) is 0 Å². The first-order chi connectivity index (χ1) is 13.9. The minimum atomic E-state index is -3.67. The number of sulfonamides is 1. The largest absolute Gasteiger partial charge is 0.295 e. The van der Waals surface area contributed by atoms with Crippen LogP contribution in [-0.4, -0.2) is 20.1 Å². The average Bonchev–Trinajstić information content (AvgIpc) is 3.11. The number of carbonyl (C=O) groups is 1. The van der Waals surface area contributed by atoms with Crippen LogP contribution < -0.4 is 9.62 Å². The molecule has 0 spiro atoms. The summed E-state index contributed by atoms with van der Waals surface area (Å²) in [5, 5.41) is -0.202. The molecule has 1 N–H and O–H groups in total. The molecule has 0 aromatic heterocycles. The van der Waals surface area contributed by atoms with Gasteiger partial charge in [-0.3, -0.25) is 14.4 Å². The normalized spacial score (nSPS) is 16.8. The fourth-order valence-electron chi connectivity index (χ4n) is 3.22. The summed E-state index contributed by atoms with van der Waals surface area (Å²) < 4.78 is 27.9. The summed E-state index contributed by atoms with van der Waals surface area (Å²) in [6, 6.07) is 23.3. The molecule has 1 aliphatic rings. The number of thioether (sulfide) groups is 1. The Kier molecular flexibility index (Phi) is 5.34. The molecule has 0 radical (unpaired) electrons. The van der Waals surface area contributed by atoms with Gasteiger partial charge in [0.05, 0.1) is 10.6 Å². The predicted octanol–water partition coefficient (Wildman–Crippen LogP) is 4.57. The van der Waals surface area contributed by atoms with Crippen molar-refractivity contribution in [3.05, 3.63) is 90.0 Å². The van der Waals surface area contributed by atoms with Crippen molar-refractivity contribution in [3.63, 3.8) is 0 Å². The minimum Gasteiger partial charge on any atom is -0.295 e. The fourth-order valence-corrected chi connectivity index (χ4v) is 5.46. The molecule has 1 heterocycles. The molecule has 3 aromatic rings. The van der Waals surface area contributed by atoms with Gasteiger partial charge in [-0.05, 0) is 48.9 Å². The Morgan fingerprint density at radius 2 is 1.69 bits per heavy atom. The van der Waals surface area contributed by atoms with Gasteiger partial charge in [-0.15, -0.1) is 11.8 Å². The molecule has 7 heteroatoms. The zero-order chi connectivity index (χ0) is 20.4. The van der Waals surface area contributed by atoms with Crippen molar-refractivity contribution in [1.82, 2.24) is 0 Å². The van der Waals surface area contributed by atoms with E-state index in [0.717, 1.165) is 16.8 Å². The van der Waals surface area contributed by atoms with E-state index in [1.807, 2.05) is 37.3 Å². The van der Waals surface area contributed by atoms with Crippen LogP contribution in [0.3, 0.4) is 0 Å². The Morgan fingerprint density at radius 1 is 0.966 bits per heavy atom. The van der Waals surface area contributed by atoms with Crippen LogP contribution in [0.5, 0.6) is 0 Å². The summed E-state index contributed by atoms with van der Waals surface area (Å²) in [7, 11) is -3.67. The van der Waals surface area contributed by atoms with Crippen LogP contribution in [-0.2, 0) is 14.8 Å². The van der Waals surface area contributed by atoms with Gasteiger partial charge in [0.1, 0.15) is 5.37 Å². The monoisotopic (exact) mass is 424 g/mol. The highest BCUT2D eigenvalue weighted by atomic mass is 32.2. The number of nitrogens with one attached hydrogen (secondary N) is 1. The molecule has 0 bridgehead atoms. The lowest BCUT2D eigenvalue weighted by atomic mass is 10.1. The Morgan fingerprint density at radius 3 is 2.41 bits per heavy atom. The van der Waals surface area contributed by atoms with Gasteiger partial charge in [0.25, 0.3) is 10.0 Å². The lowest BCUT2D eigenvalue weighted by molar-refractivity contribution is -0.115. The minimum absolute atomic E-state index is 0.0409. The molecule has 148 valence electrons. The number of anilines is 2. The molecule has 1 aliphatic heterocycles. The first-order valence-corrected chi connectivity index (χ1v) is 11.7. The van der Waals surface area contributed by atoms with Crippen LogP contribution in [0.4, 0.5) is 11.4 Å². The Balaban J connectivity index is 1.63. The summed E-state index contributed by atoms with van der Waals surface area (Å²) in [6.45, 7) is 2.00. The second-order valence-electron chi connectivity index (χ2n) is 6.81. The van der Waals surface area contributed by atoms with Crippen LogP contribution in [0.25, 0.3) is 0 Å². The third-order valence-corrected chi connectivity index (χ3v) is 7.27. The second kappa shape index (κ2) is 7.93. The maximum absolute atomic E-state index is 12.6. The Bertz CT molecular complexity index is 1130. The number of rotatable bonds is 5. The van der Waals surface area contributed by atoms with Gasteiger partial charge >= 0.3 is 0 Å². The van der Waals surface area contributed by atoms with Crippen molar-refractivity contribution < 1.29 is 13.2 Å². The highest BCUT2D eigenvalue weighted by molar-refractivity contribution is 8.00. The van der Waals surface area contributed by atoms with E-state index in [0.29, 0.717) is 11.4 Å². The highest BCUT2D eigenvalue weighted by Gasteiger charge is 2.34. The third kappa shape index (κ3) is 4.16. The van der Waals surface area contributed by atoms with E-state index in [-0.39, 0.29) is 16.2 Å². The predicted molar refractivity (Wildman–Crippen MR) is 118 cm³/mol. The van der Waals surface area contributed by atoms with Crippen molar-refractivity contribution in [2.75, 3.05) is 15.4 Å². The molecule has 0 unspecified atom stereocenters. The summed E-state index contributed by atoms with van der Waals surface area (Å²) >= 11 is 1.53. The molecule has 4 rings (SSSR count). The maximum Gasteiger partial charge on any atom is 0.261 e. The van der Waals surface area contributed by atoms with Gasteiger partial charge in [0.15, 0.2) is 0 Å². The summed E-state index contributed by atoms with van der Waals surface area (Å²) in [6.07, 6.45) is 0. The van der Waals surface area contributed by atoms with Gasteiger partial charge in [-0.2, -0.15) is 0 Å². The topological polar surface area (TPSA) is 66.5 Å². The van der Waals surface area contributed by atoms with Crippen molar-refractivity contribution in [3.8, 4) is 0 Å². The Labute approximate surface area is 174 Å². The van der Waals surface area contributed by atoms with Crippen LogP contribution in [0.2, 0.25) is 0 Å². The van der Waals surface area contributed by atoms with E-state index in [1.54, 1.807) is 53.4 Å². The van der Waals surface area contributed by atoms with Gasteiger partial charge in [-0.25, -0.2) is 8.42 Å². The first kappa shape index (κ1) is 19.5. The molecule has 3 aromatic carbocycles. The molecule has 1 fully saturated rings. The number of amides is 1. The molecule has 1 atom stereocenters. The number of nitrogens with zero attached hydrogens (tertiary/aromatic N) is 1. The molecule has 0 saturated carbocycles. The van der Waals surface area contributed by atoms with Crippen molar-refractivity contribution in [2.45, 2.75) is 17.2 Å². The van der Waals surface area contributed by atoms with E-state index in [9.17, 15) is 13.2 Å². The first-order valence-electron chi connectivity index (χ1n) is 9.12. The lowest BCUT2D eigenvalue weighted by Gasteiger charge is -2.25. The van der Waals surface area contributed by atoms with E-state index in [4.69, 9.17) is 0 Å². The molecular formula is C22H20N2O3S2. The SMILES string of the molecule is Cc1ccc(N2C(=O)CS[C@H]2c2cccc(NS(=O)(=O)c3ccccc3)c2)cc1. The smallest absolute Gasteiger partial charge is 0.261 e. The molecule has 0 aliphatic carbocycles. The van der Waals surface area contributed by atoms with Crippen molar-refractivity contribution in [1.29, 1.82) is 0 Å². The average molecular weight is 425 g/mol. The fraction of sp³-hybridized carbons (Fsp3) is 0.136. The van der Waals surface area contributed by atoms with Crippen LogP contribution >= 0.6 is 11.8 Å². The van der Waals surface area contributed by atoms with Crippen LogP contribution in [0.15, 0.2) is 83.8 Å². The molecular weight excluding hydrogens is 404 g/mol. The molecule has 1 amide bonds. The number of hydrogen-bond acceptors (Lipinski definition) is 4. The summed E-state index contributed by atoms with van der Waals surface area (Å²) in [4.78, 5) is 14.5. The van der Waals surface area contributed by atoms with Gasteiger partial charge in [0, 0.05) is 11.4 Å². The standard InChI is InChI=1S/C22H20N2O3S2/c1-16-10-12-19(13-11-16)24-21(25)15-28-22(24)17-6-5-7-18(14-17)23-29(26,27)20-8-3-2-4-9-20/h2-14,22-23H,15H2,1H3/t22-/m0/s1. The lowest BCUT2D eigenvalue weighted by Crippen LogP contribution is -2.27. The zero-order valence-corrected chi connectivity index (χ0v) is 17.4.